The van der Waals surface area contributed by atoms with Crippen LogP contribution in [0.25, 0.3) is 5.57 Å². The highest BCUT2D eigenvalue weighted by molar-refractivity contribution is 6.30. The highest BCUT2D eigenvalue weighted by Crippen LogP contribution is 2.53. The smallest absolute Gasteiger partial charge is 0.161 e. The first-order valence-electron chi connectivity index (χ1n) is 11.6. The lowest BCUT2D eigenvalue weighted by molar-refractivity contribution is 0.355. The second kappa shape index (κ2) is 9.63. The van der Waals surface area contributed by atoms with E-state index in [1.165, 1.54) is 6.34 Å². The lowest BCUT2D eigenvalue weighted by Crippen LogP contribution is -2.45. The first kappa shape index (κ1) is 24.4. The molecule has 0 bridgehead atoms. The van der Waals surface area contributed by atoms with Gasteiger partial charge in [0.1, 0.15) is 11.7 Å². The Morgan fingerprint density at radius 2 is 1.81 bits per heavy atom. The summed E-state index contributed by atoms with van der Waals surface area (Å²) in [5, 5.41) is 3.75. The number of pyridine rings is 1. The molecule has 0 fully saturated rings. The maximum Gasteiger partial charge on any atom is 0.161 e. The normalized spacial score (nSPS) is 18.4. The van der Waals surface area contributed by atoms with Crippen molar-refractivity contribution in [2.45, 2.75) is 5.41 Å². The number of amidine groups is 1. The van der Waals surface area contributed by atoms with Crippen molar-refractivity contribution in [1.29, 1.82) is 0 Å². The molecule has 37 heavy (non-hydrogen) atoms. The van der Waals surface area contributed by atoms with Crippen LogP contribution in [0.5, 0.6) is 11.5 Å². The van der Waals surface area contributed by atoms with Crippen LogP contribution >= 0.6 is 11.6 Å². The van der Waals surface area contributed by atoms with Gasteiger partial charge < -0.3 is 25.4 Å². The van der Waals surface area contributed by atoms with Gasteiger partial charge in [-0.15, -0.1) is 0 Å². The summed E-state index contributed by atoms with van der Waals surface area (Å²) in [4.78, 5) is 16.1. The fraction of sp³-hybridized carbons (Fsp3) is 0.179. The number of nitrogens with zero attached hydrogens (tertiary/aromatic N) is 4. The van der Waals surface area contributed by atoms with Crippen molar-refractivity contribution in [3.63, 3.8) is 0 Å². The number of methoxy groups -OCH3 is 2. The molecule has 0 aliphatic carbocycles. The highest BCUT2D eigenvalue weighted by atomic mass is 35.5. The zero-order valence-corrected chi connectivity index (χ0v) is 21.7. The van der Waals surface area contributed by atoms with Crippen LogP contribution in [0.15, 0.2) is 88.4 Å². The van der Waals surface area contributed by atoms with E-state index in [2.05, 4.69) is 10.3 Å². The predicted octanol–water partition coefficient (Wildman–Crippen LogP) is 4.36. The molecule has 0 saturated carbocycles. The third kappa shape index (κ3) is 3.99. The van der Waals surface area contributed by atoms with Gasteiger partial charge >= 0.3 is 0 Å². The number of nitrogens with two attached hydrogens (primary N) is 1. The van der Waals surface area contributed by atoms with E-state index in [0.717, 1.165) is 28.1 Å². The maximum absolute atomic E-state index is 6.62. The molecule has 5 rings (SSSR count). The third-order valence-electron chi connectivity index (χ3n) is 6.60. The van der Waals surface area contributed by atoms with Crippen molar-refractivity contribution in [1.82, 2.24) is 10.3 Å². The number of fused-ring (bicyclic) bond motifs is 1. The molecule has 3 heterocycles. The van der Waals surface area contributed by atoms with Crippen LogP contribution in [0.4, 0.5) is 5.69 Å². The molecule has 1 atom stereocenters. The second-order valence-electron chi connectivity index (χ2n) is 8.81. The fourth-order valence-corrected chi connectivity index (χ4v) is 5.05. The molecule has 2 aliphatic rings. The van der Waals surface area contributed by atoms with E-state index in [-0.39, 0.29) is 0 Å². The Bertz CT molecular complexity index is 1480. The lowest BCUT2D eigenvalue weighted by atomic mass is 9.63. The van der Waals surface area contributed by atoms with Gasteiger partial charge in [0.25, 0.3) is 0 Å². The quantitative estimate of drug-likeness (QED) is 0.507. The standard InChI is InChI=1S/C28H27ClN6O2/c1-35(2)20-9-11-24(31-14-20)28(18-6-5-7-19(29)13-18)21(15-32-27-25(28)26(30)33-16-34-27)17-8-10-22(36-3)23(12-17)37-4/h5-16H,1-4H3,(H3,30,32,33,34). The minimum absolute atomic E-state index is 0.335. The van der Waals surface area contributed by atoms with Gasteiger partial charge in [-0.2, -0.15) is 0 Å². The monoisotopic (exact) mass is 514 g/mol. The van der Waals surface area contributed by atoms with Gasteiger partial charge in [-0.05, 0) is 53.1 Å². The molecule has 188 valence electrons. The Kier molecular flexibility index (Phi) is 6.35. The first-order valence-corrected chi connectivity index (χ1v) is 12.0. The molecule has 3 aromatic rings. The summed E-state index contributed by atoms with van der Waals surface area (Å²) in [6.45, 7) is 0. The molecule has 0 spiro atoms. The number of halogens is 1. The number of allylic oxidation sites excluding steroid dienone is 1. The van der Waals surface area contributed by atoms with Crippen LogP contribution in [-0.2, 0) is 5.41 Å². The predicted molar refractivity (Wildman–Crippen MR) is 149 cm³/mol. The zero-order chi connectivity index (χ0) is 26.2. The van der Waals surface area contributed by atoms with E-state index >= 15 is 0 Å². The number of hydrogen-bond donors (Lipinski definition) is 2. The zero-order valence-electron chi connectivity index (χ0n) is 21.0. The Labute approximate surface area is 220 Å². The number of rotatable bonds is 6. The molecule has 9 heteroatoms. The van der Waals surface area contributed by atoms with Crippen LogP contribution in [0.1, 0.15) is 16.8 Å². The summed E-state index contributed by atoms with van der Waals surface area (Å²) in [6, 6.07) is 17.5. The Balaban J connectivity index is 1.90. The number of aromatic nitrogens is 1. The van der Waals surface area contributed by atoms with Gasteiger partial charge in [0.15, 0.2) is 11.5 Å². The summed E-state index contributed by atoms with van der Waals surface area (Å²) >= 11 is 6.57. The fourth-order valence-electron chi connectivity index (χ4n) is 4.86. The molecular formula is C28H27ClN6O2. The summed E-state index contributed by atoms with van der Waals surface area (Å²) in [5.41, 5.74) is 10.6. The maximum atomic E-state index is 6.62. The van der Waals surface area contributed by atoms with E-state index in [1.807, 2.05) is 86.0 Å². The topological polar surface area (TPSA) is 97.4 Å². The van der Waals surface area contributed by atoms with Gasteiger partial charge in [-0.3, -0.25) is 4.98 Å². The van der Waals surface area contributed by atoms with Gasteiger partial charge in [0.2, 0.25) is 0 Å². The number of benzene rings is 2. The van der Waals surface area contributed by atoms with Gasteiger partial charge in [0, 0.05) is 25.3 Å². The van der Waals surface area contributed by atoms with Crippen molar-refractivity contribution < 1.29 is 9.47 Å². The van der Waals surface area contributed by atoms with E-state index in [0.29, 0.717) is 33.8 Å². The average molecular weight is 515 g/mol. The molecule has 0 radical (unpaired) electrons. The SMILES string of the molecule is COc1ccc(C2=CN=C3NC=NC(N)=C3C2(c2cccc(Cl)c2)c2ccc(N(C)C)cn2)cc1OC. The number of hydrogen-bond acceptors (Lipinski definition) is 8. The van der Waals surface area contributed by atoms with Crippen molar-refractivity contribution in [3.05, 3.63) is 100 Å². The minimum atomic E-state index is -0.999. The molecule has 0 amide bonds. The van der Waals surface area contributed by atoms with Crippen LogP contribution in [0.3, 0.4) is 0 Å². The van der Waals surface area contributed by atoms with Crippen LogP contribution in [-0.4, -0.2) is 45.5 Å². The molecule has 1 unspecified atom stereocenters. The summed E-state index contributed by atoms with van der Waals surface area (Å²) in [7, 11) is 7.17. The molecule has 2 aliphatic heterocycles. The second-order valence-corrected chi connectivity index (χ2v) is 9.25. The van der Waals surface area contributed by atoms with E-state index in [1.54, 1.807) is 14.2 Å². The van der Waals surface area contributed by atoms with E-state index < -0.39 is 5.41 Å². The Morgan fingerprint density at radius 1 is 1.00 bits per heavy atom. The van der Waals surface area contributed by atoms with Crippen LogP contribution < -0.4 is 25.4 Å². The van der Waals surface area contributed by atoms with Crippen LogP contribution in [0.2, 0.25) is 5.02 Å². The summed E-state index contributed by atoms with van der Waals surface area (Å²) in [5.74, 6) is 2.14. The number of nitrogens with one attached hydrogen (secondary N) is 1. The lowest BCUT2D eigenvalue weighted by Gasteiger charge is -2.42. The Morgan fingerprint density at radius 3 is 2.49 bits per heavy atom. The highest BCUT2D eigenvalue weighted by Gasteiger charge is 2.49. The summed E-state index contributed by atoms with van der Waals surface area (Å²) < 4.78 is 11.1. The van der Waals surface area contributed by atoms with E-state index in [4.69, 9.17) is 36.8 Å². The Hall–Kier alpha value is -4.30. The molecule has 2 aromatic carbocycles. The number of aliphatic imine (C=N–C) groups is 2. The molecule has 3 N–H and O–H groups in total. The largest absolute Gasteiger partial charge is 0.493 e. The molecule has 0 saturated heterocycles. The van der Waals surface area contributed by atoms with Crippen LogP contribution in [0, 0.1) is 0 Å². The first-order chi connectivity index (χ1) is 17.9. The third-order valence-corrected chi connectivity index (χ3v) is 6.84. The van der Waals surface area contributed by atoms with Crippen molar-refractivity contribution in [2.24, 2.45) is 15.7 Å². The van der Waals surface area contributed by atoms with Gasteiger partial charge in [0.05, 0.1) is 49.1 Å². The molecule has 8 nitrogen and oxygen atoms in total. The van der Waals surface area contributed by atoms with E-state index in [9.17, 15) is 0 Å². The molecular weight excluding hydrogens is 488 g/mol. The average Bonchev–Trinajstić information content (AvgIpc) is 2.92. The molecule has 1 aromatic heterocycles. The number of ether oxygens (including phenoxy) is 2. The van der Waals surface area contributed by atoms with Gasteiger partial charge in [-0.25, -0.2) is 9.98 Å². The summed E-state index contributed by atoms with van der Waals surface area (Å²) in [6.07, 6.45) is 5.22. The van der Waals surface area contributed by atoms with Crippen molar-refractivity contribution in [3.8, 4) is 11.5 Å². The minimum Gasteiger partial charge on any atom is -0.493 e. The van der Waals surface area contributed by atoms with Gasteiger partial charge in [-0.1, -0.05) is 29.8 Å². The number of anilines is 1. The van der Waals surface area contributed by atoms with Crippen molar-refractivity contribution in [2.75, 3.05) is 33.2 Å². The van der Waals surface area contributed by atoms with Crippen molar-refractivity contribution >= 4 is 35.0 Å².